The van der Waals surface area contributed by atoms with Crippen LogP contribution in [0.1, 0.15) is 29.3 Å². The first-order chi connectivity index (χ1) is 14.8. The van der Waals surface area contributed by atoms with Crippen LogP contribution in [0.5, 0.6) is 5.75 Å². The summed E-state index contributed by atoms with van der Waals surface area (Å²) in [6.45, 7) is 3.02. The van der Waals surface area contributed by atoms with Gasteiger partial charge in [0.15, 0.2) is 0 Å². The SMILES string of the molecule is CCc1ccc(NS(=O)(=O)c2ccccc2NCCCn2ccnc2)c(C(=O)O)c1O. The molecule has 3 aromatic rings. The summed E-state index contributed by atoms with van der Waals surface area (Å²) < 4.78 is 30.3. The molecule has 0 bridgehead atoms. The van der Waals surface area contributed by atoms with Gasteiger partial charge in [-0.1, -0.05) is 25.1 Å². The second kappa shape index (κ2) is 9.52. The highest BCUT2D eigenvalue weighted by molar-refractivity contribution is 7.92. The minimum Gasteiger partial charge on any atom is -0.507 e. The molecule has 0 fully saturated rings. The van der Waals surface area contributed by atoms with E-state index in [1.807, 2.05) is 10.8 Å². The van der Waals surface area contributed by atoms with Crippen LogP contribution in [-0.4, -0.2) is 40.7 Å². The number of aromatic hydroxyl groups is 1. The topological polar surface area (TPSA) is 134 Å². The molecule has 1 heterocycles. The maximum atomic E-state index is 13.0. The summed E-state index contributed by atoms with van der Waals surface area (Å²) in [5.41, 5.74) is 0.137. The Morgan fingerprint density at radius 1 is 1.16 bits per heavy atom. The van der Waals surface area contributed by atoms with E-state index >= 15 is 0 Å². The third-order valence-electron chi connectivity index (χ3n) is 4.74. The number of phenols is 1. The molecule has 0 aliphatic rings. The van der Waals surface area contributed by atoms with Crippen LogP contribution in [0.4, 0.5) is 11.4 Å². The Morgan fingerprint density at radius 3 is 2.61 bits per heavy atom. The maximum absolute atomic E-state index is 13.0. The molecule has 0 unspecified atom stereocenters. The number of hydrogen-bond acceptors (Lipinski definition) is 6. The number of nitrogens with zero attached hydrogens (tertiary/aromatic N) is 2. The summed E-state index contributed by atoms with van der Waals surface area (Å²) in [6.07, 6.45) is 6.40. The molecule has 0 saturated carbocycles. The van der Waals surface area contributed by atoms with E-state index in [1.54, 1.807) is 37.6 Å². The van der Waals surface area contributed by atoms with Gasteiger partial charge in [-0.05, 0) is 36.6 Å². The van der Waals surface area contributed by atoms with Crippen molar-refractivity contribution in [3.05, 3.63) is 66.2 Å². The van der Waals surface area contributed by atoms with Crippen molar-refractivity contribution in [3.63, 3.8) is 0 Å². The van der Waals surface area contributed by atoms with E-state index in [0.29, 0.717) is 24.2 Å². The van der Waals surface area contributed by atoms with Crippen molar-refractivity contribution in [3.8, 4) is 5.75 Å². The Bertz CT molecular complexity index is 1160. The lowest BCUT2D eigenvalue weighted by atomic mass is 10.1. The van der Waals surface area contributed by atoms with Crippen molar-refractivity contribution < 1.29 is 23.4 Å². The Labute approximate surface area is 180 Å². The maximum Gasteiger partial charge on any atom is 0.341 e. The van der Waals surface area contributed by atoms with E-state index in [1.165, 1.54) is 18.2 Å². The zero-order valence-corrected chi connectivity index (χ0v) is 17.8. The van der Waals surface area contributed by atoms with E-state index < -0.39 is 27.3 Å². The van der Waals surface area contributed by atoms with E-state index in [2.05, 4.69) is 15.0 Å². The molecule has 1 aromatic heterocycles. The second-order valence-electron chi connectivity index (χ2n) is 6.84. The van der Waals surface area contributed by atoms with Gasteiger partial charge in [0.1, 0.15) is 16.2 Å². The lowest BCUT2D eigenvalue weighted by Gasteiger charge is -2.16. The molecule has 0 amide bonds. The average Bonchev–Trinajstić information content (AvgIpc) is 3.25. The molecule has 0 radical (unpaired) electrons. The molecule has 0 aliphatic carbocycles. The smallest absolute Gasteiger partial charge is 0.341 e. The third kappa shape index (κ3) is 5.15. The number of carbonyl (C=O) groups is 1. The second-order valence-corrected chi connectivity index (χ2v) is 8.49. The fraction of sp³-hybridized carbons (Fsp3) is 0.238. The number of rotatable bonds is 10. The molecule has 2 aromatic carbocycles. The lowest BCUT2D eigenvalue weighted by Crippen LogP contribution is -2.18. The highest BCUT2D eigenvalue weighted by atomic mass is 32.2. The number of sulfonamides is 1. The first-order valence-corrected chi connectivity index (χ1v) is 11.2. The monoisotopic (exact) mass is 444 g/mol. The molecule has 0 spiro atoms. The van der Waals surface area contributed by atoms with Gasteiger partial charge in [0.2, 0.25) is 0 Å². The highest BCUT2D eigenvalue weighted by Gasteiger charge is 2.24. The lowest BCUT2D eigenvalue weighted by molar-refractivity contribution is 0.0694. The minimum atomic E-state index is -4.12. The van der Waals surface area contributed by atoms with E-state index in [-0.39, 0.29) is 10.6 Å². The van der Waals surface area contributed by atoms with Crippen LogP contribution in [0.15, 0.2) is 60.0 Å². The molecule has 0 saturated heterocycles. The predicted molar refractivity (Wildman–Crippen MR) is 117 cm³/mol. The zero-order valence-electron chi connectivity index (χ0n) is 16.9. The molecule has 9 nitrogen and oxygen atoms in total. The first-order valence-electron chi connectivity index (χ1n) is 9.73. The highest BCUT2D eigenvalue weighted by Crippen LogP contribution is 2.32. The molecule has 0 atom stereocenters. The number of para-hydroxylation sites is 1. The third-order valence-corrected chi connectivity index (χ3v) is 6.17. The number of imidazole rings is 1. The summed E-state index contributed by atoms with van der Waals surface area (Å²) >= 11 is 0. The normalized spacial score (nSPS) is 11.3. The van der Waals surface area contributed by atoms with Crippen molar-refractivity contribution >= 4 is 27.4 Å². The van der Waals surface area contributed by atoms with Crippen molar-refractivity contribution in [2.24, 2.45) is 0 Å². The Kier molecular flexibility index (Phi) is 6.81. The molecule has 4 N–H and O–H groups in total. The van der Waals surface area contributed by atoms with Crippen molar-refractivity contribution in [1.29, 1.82) is 0 Å². The number of anilines is 2. The van der Waals surface area contributed by atoms with Crippen molar-refractivity contribution in [1.82, 2.24) is 9.55 Å². The van der Waals surface area contributed by atoms with Crippen LogP contribution in [0.2, 0.25) is 0 Å². The fourth-order valence-corrected chi connectivity index (χ4v) is 4.43. The standard InChI is InChI=1S/C21H24N4O5S/c1-2-15-8-9-17(19(20(15)26)21(27)28)24-31(29,30)18-7-4-3-6-16(18)23-10-5-12-25-13-11-22-14-25/h3-4,6-9,11,13-14,23-24,26H,2,5,10,12H2,1H3,(H,27,28). The van der Waals surface area contributed by atoms with Gasteiger partial charge in [-0.25, -0.2) is 18.2 Å². The average molecular weight is 445 g/mol. The number of benzene rings is 2. The summed E-state index contributed by atoms with van der Waals surface area (Å²) in [6, 6.07) is 9.21. The van der Waals surface area contributed by atoms with Crippen LogP contribution < -0.4 is 10.0 Å². The summed E-state index contributed by atoms with van der Waals surface area (Å²) in [7, 11) is -4.12. The summed E-state index contributed by atoms with van der Waals surface area (Å²) in [5.74, 6) is -1.86. The number of aryl methyl sites for hydroxylation is 2. The number of hydrogen-bond donors (Lipinski definition) is 4. The largest absolute Gasteiger partial charge is 0.507 e. The summed E-state index contributed by atoms with van der Waals surface area (Å²) in [4.78, 5) is 15.6. The van der Waals surface area contributed by atoms with E-state index in [4.69, 9.17) is 0 Å². The van der Waals surface area contributed by atoms with Gasteiger partial charge in [0, 0.05) is 25.5 Å². The fourth-order valence-electron chi connectivity index (χ4n) is 3.17. The van der Waals surface area contributed by atoms with Crippen LogP contribution in [-0.2, 0) is 23.0 Å². The summed E-state index contributed by atoms with van der Waals surface area (Å²) in [5, 5.41) is 22.9. The number of aromatic nitrogens is 2. The molecule has 164 valence electrons. The Balaban J connectivity index is 1.81. The predicted octanol–water partition coefficient (Wildman–Crippen LogP) is 3.15. The molecular weight excluding hydrogens is 420 g/mol. The quantitative estimate of drug-likeness (QED) is 0.353. The van der Waals surface area contributed by atoms with Crippen LogP contribution in [0, 0.1) is 0 Å². The first kappa shape index (κ1) is 22.2. The Morgan fingerprint density at radius 2 is 1.94 bits per heavy atom. The van der Waals surface area contributed by atoms with Crippen LogP contribution in [0.3, 0.4) is 0 Å². The van der Waals surface area contributed by atoms with Gasteiger partial charge in [-0.15, -0.1) is 0 Å². The zero-order chi connectivity index (χ0) is 22.4. The number of aromatic carboxylic acids is 1. The van der Waals surface area contributed by atoms with E-state index in [0.717, 1.165) is 13.0 Å². The van der Waals surface area contributed by atoms with Crippen molar-refractivity contribution in [2.75, 3.05) is 16.6 Å². The van der Waals surface area contributed by atoms with Gasteiger partial charge in [0.25, 0.3) is 10.0 Å². The minimum absolute atomic E-state index is 0.0203. The van der Waals surface area contributed by atoms with Gasteiger partial charge in [-0.3, -0.25) is 4.72 Å². The molecule has 3 rings (SSSR count). The number of nitrogens with one attached hydrogen (secondary N) is 2. The van der Waals surface area contributed by atoms with Gasteiger partial charge in [0.05, 0.1) is 17.7 Å². The van der Waals surface area contributed by atoms with Gasteiger partial charge in [-0.2, -0.15) is 0 Å². The number of carboxylic acid groups (broad SMARTS) is 1. The van der Waals surface area contributed by atoms with Crippen LogP contribution in [0.25, 0.3) is 0 Å². The van der Waals surface area contributed by atoms with Gasteiger partial charge < -0.3 is 20.1 Å². The number of carboxylic acids is 1. The molecule has 10 heteroatoms. The molecular formula is C21H24N4O5S. The molecule has 31 heavy (non-hydrogen) atoms. The van der Waals surface area contributed by atoms with Gasteiger partial charge >= 0.3 is 5.97 Å². The Hall–Kier alpha value is -3.53. The molecule has 0 aliphatic heterocycles. The van der Waals surface area contributed by atoms with Crippen LogP contribution >= 0.6 is 0 Å². The van der Waals surface area contributed by atoms with E-state index in [9.17, 15) is 23.4 Å². The van der Waals surface area contributed by atoms with Crippen molar-refractivity contribution in [2.45, 2.75) is 31.2 Å².